The molecule has 0 atom stereocenters. The standard InChI is InChI=1S/C25H35OS/c1-17-8-22(27-6-4-3-5-7-27)9-18(2)23(17)13-24(26)25-14-19-10-20(15-25)12-21(11-19)16-25/h8-9,19-21H,3-7,10-16H2,1-2H3/q+1. The van der Waals surface area contributed by atoms with Gasteiger partial charge >= 0.3 is 0 Å². The van der Waals surface area contributed by atoms with E-state index >= 15 is 0 Å². The molecule has 5 aliphatic rings. The van der Waals surface area contributed by atoms with Gasteiger partial charge in [-0.05, 0) is 118 Å². The Morgan fingerprint density at radius 1 is 0.926 bits per heavy atom. The van der Waals surface area contributed by atoms with Gasteiger partial charge in [0.1, 0.15) is 17.3 Å². The molecule has 4 saturated carbocycles. The highest BCUT2D eigenvalue weighted by Crippen LogP contribution is 2.60. The molecule has 5 fully saturated rings. The van der Waals surface area contributed by atoms with Crippen molar-refractivity contribution in [3.63, 3.8) is 0 Å². The number of rotatable bonds is 4. The predicted octanol–water partition coefficient (Wildman–Crippen LogP) is 5.79. The summed E-state index contributed by atoms with van der Waals surface area (Å²) in [6, 6.07) is 4.87. The summed E-state index contributed by atoms with van der Waals surface area (Å²) in [4.78, 5) is 15.1. The molecule has 1 nitrogen and oxygen atoms in total. The van der Waals surface area contributed by atoms with Crippen molar-refractivity contribution in [1.29, 1.82) is 0 Å². The molecule has 146 valence electrons. The van der Waals surface area contributed by atoms with E-state index in [0.29, 0.717) is 23.1 Å². The molecule has 2 heteroatoms. The molecule has 1 aromatic carbocycles. The van der Waals surface area contributed by atoms with Gasteiger partial charge in [0, 0.05) is 22.7 Å². The molecule has 1 saturated heterocycles. The van der Waals surface area contributed by atoms with Crippen LogP contribution in [0.15, 0.2) is 17.0 Å². The molecule has 0 unspecified atom stereocenters. The number of hydrogen-bond donors (Lipinski definition) is 0. The molecule has 0 amide bonds. The maximum absolute atomic E-state index is 13.6. The van der Waals surface area contributed by atoms with Crippen LogP contribution in [0.3, 0.4) is 0 Å². The molecule has 0 aromatic heterocycles. The third kappa shape index (κ3) is 3.30. The Morgan fingerprint density at radius 2 is 1.44 bits per heavy atom. The molecule has 4 aliphatic carbocycles. The topological polar surface area (TPSA) is 17.1 Å². The first-order valence-corrected chi connectivity index (χ1v) is 12.9. The predicted molar refractivity (Wildman–Crippen MR) is 114 cm³/mol. The third-order valence-electron chi connectivity index (χ3n) is 8.25. The highest BCUT2D eigenvalue weighted by atomic mass is 32.2. The lowest BCUT2D eigenvalue weighted by atomic mass is 9.48. The fourth-order valence-corrected chi connectivity index (χ4v) is 9.73. The van der Waals surface area contributed by atoms with Gasteiger partial charge in [0.25, 0.3) is 0 Å². The second-order valence-corrected chi connectivity index (χ2v) is 12.6. The average molecular weight is 384 g/mol. The van der Waals surface area contributed by atoms with Crippen LogP contribution in [0, 0.1) is 37.0 Å². The van der Waals surface area contributed by atoms with Gasteiger partial charge in [0.05, 0.1) is 0 Å². The van der Waals surface area contributed by atoms with Crippen molar-refractivity contribution in [2.24, 2.45) is 23.2 Å². The maximum Gasteiger partial charge on any atom is 0.155 e. The van der Waals surface area contributed by atoms with Crippen LogP contribution >= 0.6 is 0 Å². The Hall–Kier alpha value is -0.760. The molecular formula is C25H35OS+. The summed E-state index contributed by atoms with van der Waals surface area (Å²) in [6.07, 6.45) is 12.8. The van der Waals surface area contributed by atoms with Crippen LogP contribution in [0.4, 0.5) is 0 Å². The van der Waals surface area contributed by atoms with Gasteiger partial charge in [-0.3, -0.25) is 4.79 Å². The molecule has 27 heavy (non-hydrogen) atoms. The quantitative estimate of drug-likeness (QED) is 0.601. The van der Waals surface area contributed by atoms with E-state index in [4.69, 9.17) is 0 Å². The molecule has 0 N–H and O–H groups in total. The fraction of sp³-hybridized carbons (Fsp3) is 0.720. The minimum absolute atomic E-state index is 0.0530. The summed E-state index contributed by atoms with van der Waals surface area (Å²) in [5, 5.41) is 0. The number of benzene rings is 1. The van der Waals surface area contributed by atoms with Crippen molar-refractivity contribution in [2.75, 3.05) is 11.5 Å². The number of aryl methyl sites for hydroxylation is 2. The van der Waals surface area contributed by atoms with E-state index < -0.39 is 0 Å². The second-order valence-electron chi connectivity index (χ2n) is 10.3. The largest absolute Gasteiger partial charge is 0.299 e. The SMILES string of the molecule is Cc1cc([S+]2CCCCC2)cc(C)c1CC(=O)C12CC3CC(CC(C3)C1)C2. The molecule has 4 bridgehead atoms. The van der Waals surface area contributed by atoms with Crippen molar-refractivity contribution in [1.82, 2.24) is 0 Å². The highest BCUT2D eigenvalue weighted by molar-refractivity contribution is 7.96. The van der Waals surface area contributed by atoms with Crippen molar-refractivity contribution in [3.05, 3.63) is 28.8 Å². The lowest BCUT2D eigenvalue weighted by Gasteiger charge is -2.56. The van der Waals surface area contributed by atoms with E-state index in [2.05, 4.69) is 26.0 Å². The Bertz CT molecular complexity index is 684. The Kier molecular flexibility index (Phi) is 4.70. The summed E-state index contributed by atoms with van der Waals surface area (Å²) >= 11 is 0. The second kappa shape index (κ2) is 6.94. The van der Waals surface area contributed by atoms with E-state index in [-0.39, 0.29) is 5.41 Å². The molecule has 0 radical (unpaired) electrons. The van der Waals surface area contributed by atoms with Gasteiger partial charge < -0.3 is 0 Å². The van der Waals surface area contributed by atoms with Gasteiger partial charge in [-0.1, -0.05) is 0 Å². The normalized spacial score (nSPS) is 35.6. The van der Waals surface area contributed by atoms with E-state index in [9.17, 15) is 4.79 Å². The zero-order valence-corrected chi connectivity index (χ0v) is 18.0. The molecular weight excluding hydrogens is 348 g/mol. The average Bonchev–Trinajstić information content (AvgIpc) is 2.64. The molecule has 0 spiro atoms. The Labute approximate surface area is 168 Å². The first kappa shape index (κ1) is 18.3. The first-order valence-electron chi connectivity index (χ1n) is 11.3. The van der Waals surface area contributed by atoms with Crippen LogP contribution < -0.4 is 0 Å². The van der Waals surface area contributed by atoms with Crippen LogP contribution in [-0.4, -0.2) is 17.3 Å². The highest BCUT2D eigenvalue weighted by Gasteiger charge is 2.54. The summed E-state index contributed by atoms with van der Waals surface area (Å²) in [5.41, 5.74) is 4.15. The molecule has 1 aromatic rings. The zero-order valence-electron chi connectivity index (χ0n) is 17.2. The van der Waals surface area contributed by atoms with Gasteiger partial charge in [-0.2, -0.15) is 0 Å². The van der Waals surface area contributed by atoms with E-state index in [1.807, 2.05) is 0 Å². The number of carbonyl (C=O) groups excluding carboxylic acids is 1. The van der Waals surface area contributed by atoms with E-state index in [1.165, 1.54) is 86.0 Å². The number of hydrogen-bond acceptors (Lipinski definition) is 1. The number of carbonyl (C=O) groups is 1. The summed E-state index contributed by atoms with van der Waals surface area (Å²) in [5.74, 6) is 5.92. The van der Waals surface area contributed by atoms with Gasteiger partial charge in [0.2, 0.25) is 0 Å². The molecule has 1 aliphatic heterocycles. The maximum atomic E-state index is 13.6. The van der Waals surface area contributed by atoms with Gasteiger partial charge in [-0.15, -0.1) is 0 Å². The van der Waals surface area contributed by atoms with Crippen LogP contribution in [0.25, 0.3) is 0 Å². The van der Waals surface area contributed by atoms with Crippen LogP contribution in [-0.2, 0) is 22.1 Å². The number of ketones is 1. The third-order valence-corrected chi connectivity index (χ3v) is 10.7. The molecule has 6 rings (SSSR count). The van der Waals surface area contributed by atoms with Gasteiger partial charge in [-0.25, -0.2) is 0 Å². The zero-order chi connectivity index (χ0) is 18.6. The first-order chi connectivity index (χ1) is 13.0. The molecule has 1 heterocycles. The van der Waals surface area contributed by atoms with Crippen LogP contribution in [0.1, 0.15) is 74.5 Å². The van der Waals surface area contributed by atoms with E-state index in [0.717, 1.165) is 17.8 Å². The Morgan fingerprint density at radius 3 is 1.96 bits per heavy atom. The van der Waals surface area contributed by atoms with Crippen molar-refractivity contribution < 1.29 is 4.79 Å². The van der Waals surface area contributed by atoms with Crippen LogP contribution in [0.5, 0.6) is 0 Å². The Balaban J connectivity index is 1.37. The monoisotopic (exact) mass is 383 g/mol. The summed E-state index contributed by atoms with van der Waals surface area (Å²) in [6.45, 7) is 4.51. The van der Waals surface area contributed by atoms with E-state index in [1.54, 1.807) is 4.90 Å². The lowest BCUT2D eigenvalue weighted by molar-refractivity contribution is -0.143. The fourth-order valence-electron chi connectivity index (χ4n) is 7.27. The minimum Gasteiger partial charge on any atom is -0.299 e. The van der Waals surface area contributed by atoms with Crippen molar-refractivity contribution in [3.8, 4) is 0 Å². The van der Waals surface area contributed by atoms with Crippen LogP contribution in [0.2, 0.25) is 0 Å². The van der Waals surface area contributed by atoms with Crippen molar-refractivity contribution >= 4 is 16.7 Å². The summed E-state index contributed by atoms with van der Waals surface area (Å²) in [7, 11) is 0.457. The smallest absolute Gasteiger partial charge is 0.155 e. The lowest BCUT2D eigenvalue weighted by Crippen LogP contribution is -2.50. The summed E-state index contributed by atoms with van der Waals surface area (Å²) < 4.78 is 0. The number of Topliss-reactive ketones (excluding diaryl/α,β-unsaturated/α-hetero) is 1. The van der Waals surface area contributed by atoms with Crippen molar-refractivity contribution in [2.45, 2.75) is 83.0 Å². The minimum atomic E-state index is 0.0530. The van der Waals surface area contributed by atoms with Gasteiger partial charge in [0.15, 0.2) is 4.90 Å².